The number of rotatable bonds is 8. The van der Waals surface area contributed by atoms with Crippen molar-refractivity contribution >= 4 is 21.6 Å². The van der Waals surface area contributed by atoms with Crippen LogP contribution >= 0.6 is 0 Å². The molecule has 1 amide bonds. The Morgan fingerprint density at radius 1 is 1.17 bits per heavy atom. The first-order chi connectivity index (χ1) is 13.9. The van der Waals surface area contributed by atoms with Crippen molar-refractivity contribution in [2.45, 2.75) is 37.6 Å². The number of nitrogens with one attached hydrogen (secondary N) is 1. The molecule has 1 aromatic heterocycles. The van der Waals surface area contributed by atoms with Gasteiger partial charge in [-0.15, -0.1) is 0 Å². The van der Waals surface area contributed by atoms with Gasteiger partial charge in [-0.3, -0.25) is 9.69 Å². The normalized spacial score (nSPS) is 17.7. The Balaban J connectivity index is 1.63. The van der Waals surface area contributed by atoms with E-state index in [1.54, 1.807) is 24.3 Å². The fraction of sp³-hybridized carbons (Fsp3) is 0.476. The quantitative estimate of drug-likeness (QED) is 0.715. The van der Waals surface area contributed by atoms with E-state index in [0.29, 0.717) is 25.3 Å². The molecule has 7 nitrogen and oxygen atoms in total. The Kier molecular flexibility index (Phi) is 6.77. The van der Waals surface area contributed by atoms with Gasteiger partial charge in [0, 0.05) is 37.7 Å². The first-order valence-electron chi connectivity index (χ1n) is 10.1. The van der Waals surface area contributed by atoms with Crippen molar-refractivity contribution in [3.63, 3.8) is 0 Å². The predicted octanol–water partition coefficient (Wildman–Crippen LogP) is 2.83. The van der Waals surface area contributed by atoms with Crippen LogP contribution in [0.5, 0.6) is 0 Å². The molecule has 0 unspecified atom stereocenters. The summed E-state index contributed by atoms with van der Waals surface area (Å²) in [6.07, 6.45) is 4.14. The summed E-state index contributed by atoms with van der Waals surface area (Å²) in [5, 5.41) is 2.89. The number of amides is 1. The Bertz CT molecular complexity index is 933. The molecule has 0 saturated carbocycles. The summed E-state index contributed by atoms with van der Waals surface area (Å²) >= 11 is 0. The van der Waals surface area contributed by atoms with E-state index in [0.717, 1.165) is 19.4 Å². The van der Waals surface area contributed by atoms with Crippen molar-refractivity contribution in [1.29, 1.82) is 0 Å². The number of anilines is 1. The van der Waals surface area contributed by atoms with Crippen molar-refractivity contribution in [1.82, 2.24) is 13.8 Å². The van der Waals surface area contributed by atoms with Crippen molar-refractivity contribution in [2.24, 2.45) is 7.05 Å². The minimum atomic E-state index is -3.49. The molecule has 1 saturated heterocycles. The van der Waals surface area contributed by atoms with Gasteiger partial charge in [-0.25, -0.2) is 8.42 Å². The monoisotopic (exact) mass is 418 g/mol. The Hall–Kier alpha value is -2.16. The summed E-state index contributed by atoms with van der Waals surface area (Å²) in [5.74, 6) is -0.0922. The largest absolute Gasteiger partial charge is 0.353 e. The molecule has 1 aromatic carbocycles. The standard InChI is InChI=1S/C21H30N4O3S/c1-4-25(5-2)29(27,28)18-12-10-17(11-13-18)22-21(26)16-24-15-7-9-20(24)19-8-6-14-23(19)3/h6,8,10-14,20H,4-5,7,9,15-16H2,1-3H3,(H,22,26)/t20-/m0/s1. The maximum absolute atomic E-state index is 12.6. The zero-order chi connectivity index (χ0) is 21.0. The van der Waals surface area contributed by atoms with Crippen LogP contribution in [0.4, 0.5) is 5.69 Å². The molecule has 8 heteroatoms. The van der Waals surface area contributed by atoms with Gasteiger partial charge in [0.15, 0.2) is 0 Å². The fourth-order valence-corrected chi connectivity index (χ4v) is 5.44. The van der Waals surface area contributed by atoms with Crippen molar-refractivity contribution in [2.75, 3.05) is 31.5 Å². The average molecular weight is 419 g/mol. The highest BCUT2D eigenvalue weighted by atomic mass is 32.2. The molecule has 3 rings (SSSR count). The first kappa shape index (κ1) is 21.5. The lowest BCUT2D eigenvalue weighted by Gasteiger charge is -2.24. The van der Waals surface area contributed by atoms with Crippen LogP contribution in [0.1, 0.15) is 38.4 Å². The summed E-state index contributed by atoms with van der Waals surface area (Å²) < 4.78 is 28.6. The van der Waals surface area contributed by atoms with Crippen LogP contribution < -0.4 is 5.32 Å². The van der Waals surface area contributed by atoms with Crippen molar-refractivity contribution in [3.05, 3.63) is 48.3 Å². The first-order valence-corrected chi connectivity index (χ1v) is 11.6. The second-order valence-corrected chi connectivity index (χ2v) is 9.27. The molecule has 1 aliphatic heterocycles. The highest BCUT2D eigenvalue weighted by molar-refractivity contribution is 7.89. The molecule has 158 valence electrons. The van der Waals surface area contributed by atoms with Gasteiger partial charge in [0.2, 0.25) is 15.9 Å². The van der Waals surface area contributed by atoms with E-state index in [-0.39, 0.29) is 16.8 Å². The third-order valence-corrected chi connectivity index (χ3v) is 7.58. The van der Waals surface area contributed by atoms with Crippen LogP contribution in [0, 0.1) is 0 Å². The van der Waals surface area contributed by atoms with Crippen LogP contribution in [-0.2, 0) is 21.9 Å². The molecule has 1 atom stereocenters. The third kappa shape index (κ3) is 4.71. The molecular formula is C21H30N4O3S. The van der Waals surface area contributed by atoms with Gasteiger partial charge < -0.3 is 9.88 Å². The fourth-order valence-electron chi connectivity index (χ4n) is 3.98. The second kappa shape index (κ2) is 9.11. The number of hydrogen-bond acceptors (Lipinski definition) is 4. The zero-order valence-electron chi connectivity index (χ0n) is 17.3. The molecule has 0 spiro atoms. The highest BCUT2D eigenvalue weighted by Gasteiger charge is 2.29. The molecule has 1 N–H and O–H groups in total. The summed E-state index contributed by atoms with van der Waals surface area (Å²) in [5.41, 5.74) is 1.82. The van der Waals surface area contributed by atoms with Crippen LogP contribution in [-0.4, -0.2) is 54.3 Å². The van der Waals surface area contributed by atoms with Gasteiger partial charge in [-0.1, -0.05) is 13.8 Å². The molecule has 0 aliphatic carbocycles. The summed E-state index contributed by atoms with van der Waals surface area (Å²) in [4.78, 5) is 15.0. The number of sulfonamides is 1. The summed E-state index contributed by atoms with van der Waals surface area (Å²) in [6, 6.07) is 10.8. The van der Waals surface area contributed by atoms with Gasteiger partial charge in [0.25, 0.3) is 0 Å². The SMILES string of the molecule is CCN(CC)S(=O)(=O)c1ccc(NC(=O)CN2CCC[C@H]2c2cccn2C)cc1. The number of aryl methyl sites for hydroxylation is 1. The van der Waals surface area contributed by atoms with E-state index in [2.05, 4.69) is 20.9 Å². The van der Waals surface area contributed by atoms with Crippen molar-refractivity contribution in [3.8, 4) is 0 Å². The Labute approximate surface area is 173 Å². The van der Waals surface area contributed by atoms with E-state index >= 15 is 0 Å². The number of aromatic nitrogens is 1. The molecule has 2 aromatic rings. The number of benzene rings is 1. The Morgan fingerprint density at radius 2 is 1.86 bits per heavy atom. The molecule has 1 aliphatic rings. The molecule has 1 fully saturated rings. The maximum atomic E-state index is 12.6. The molecule has 2 heterocycles. The summed E-state index contributed by atoms with van der Waals surface area (Å²) in [6.45, 7) is 5.69. The topological polar surface area (TPSA) is 74.7 Å². The minimum absolute atomic E-state index is 0.0922. The van der Waals surface area contributed by atoms with Gasteiger partial charge in [-0.05, 0) is 55.8 Å². The summed E-state index contributed by atoms with van der Waals surface area (Å²) in [7, 11) is -1.46. The lowest BCUT2D eigenvalue weighted by atomic mass is 10.1. The number of carbonyl (C=O) groups excluding carboxylic acids is 1. The smallest absolute Gasteiger partial charge is 0.243 e. The van der Waals surface area contributed by atoms with Gasteiger partial charge >= 0.3 is 0 Å². The lowest BCUT2D eigenvalue weighted by Crippen LogP contribution is -2.33. The zero-order valence-corrected chi connectivity index (χ0v) is 18.2. The van der Waals surface area contributed by atoms with E-state index in [1.165, 1.54) is 10.00 Å². The molecular weight excluding hydrogens is 388 g/mol. The van der Waals surface area contributed by atoms with Gasteiger partial charge in [0.05, 0.1) is 17.5 Å². The van der Waals surface area contributed by atoms with Crippen LogP contribution in [0.25, 0.3) is 0 Å². The second-order valence-electron chi connectivity index (χ2n) is 7.33. The van der Waals surface area contributed by atoms with Gasteiger partial charge in [-0.2, -0.15) is 4.31 Å². The van der Waals surface area contributed by atoms with Crippen LogP contribution in [0.3, 0.4) is 0 Å². The van der Waals surface area contributed by atoms with E-state index < -0.39 is 10.0 Å². The third-order valence-electron chi connectivity index (χ3n) is 5.52. The lowest BCUT2D eigenvalue weighted by molar-refractivity contribution is -0.117. The van der Waals surface area contributed by atoms with Crippen LogP contribution in [0.15, 0.2) is 47.5 Å². The predicted molar refractivity (Wildman–Crippen MR) is 114 cm³/mol. The average Bonchev–Trinajstić information content (AvgIpc) is 3.31. The van der Waals surface area contributed by atoms with Crippen molar-refractivity contribution < 1.29 is 13.2 Å². The van der Waals surface area contributed by atoms with E-state index in [1.807, 2.05) is 33.2 Å². The van der Waals surface area contributed by atoms with E-state index in [4.69, 9.17) is 0 Å². The number of hydrogen-bond donors (Lipinski definition) is 1. The highest BCUT2D eigenvalue weighted by Crippen LogP contribution is 2.31. The number of carbonyl (C=O) groups is 1. The Morgan fingerprint density at radius 3 is 2.45 bits per heavy atom. The number of likely N-dealkylation sites (tertiary alicyclic amines) is 1. The van der Waals surface area contributed by atoms with Gasteiger partial charge in [0.1, 0.15) is 0 Å². The molecule has 29 heavy (non-hydrogen) atoms. The number of nitrogens with zero attached hydrogens (tertiary/aromatic N) is 3. The van der Waals surface area contributed by atoms with E-state index in [9.17, 15) is 13.2 Å². The minimum Gasteiger partial charge on any atom is -0.353 e. The molecule has 0 radical (unpaired) electrons. The maximum Gasteiger partial charge on any atom is 0.243 e. The molecule has 0 bridgehead atoms. The van der Waals surface area contributed by atoms with Crippen LogP contribution in [0.2, 0.25) is 0 Å².